The van der Waals surface area contributed by atoms with Gasteiger partial charge >= 0.3 is 0 Å². The van der Waals surface area contributed by atoms with E-state index < -0.39 is 0 Å². The molecule has 1 nitrogen and oxygen atoms in total. The highest BCUT2D eigenvalue weighted by Gasteiger charge is 1.96. The quantitative estimate of drug-likeness (QED) is 0.628. The number of rotatable bonds is 1. The minimum absolute atomic E-state index is 1.06. The molecule has 0 fully saturated rings. The molecule has 2 heteroatoms. The largest absolute Gasteiger partial charge is 0.233 e. The lowest BCUT2D eigenvalue weighted by Crippen LogP contribution is -1.76. The molecule has 0 saturated carbocycles. The van der Waals surface area contributed by atoms with E-state index in [2.05, 4.69) is 35.6 Å². The van der Waals surface area contributed by atoms with Crippen LogP contribution in [0.25, 0.3) is 10.2 Å². The smallest absolute Gasteiger partial charge is 0.153 e. The average Bonchev–Trinajstić information content (AvgIpc) is 2.50. The van der Waals surface area contributed by atoms with Gasteiger partial charge in [0.25, 0.3) is 0 Å². The lowest BCUT2D eigenvalue weighted by molar-refractivity contribution is 1.15. The molecule has 0 aliphatic heterocycles. The van der Waals surface area contributed by atoms with Gasteiger partial charge in [0.1, 0.15) is 0 Å². The van der Waals surface area contributed by atoms with Crippen molar-refractivity contribution in [2.24, 2.45) is 0 Å². The van der Waals surface area contributed by atoms with Crippen molar-refractivity contribution in [3.63, 3.8) is 0 Å². The van der Waals surface area contributed by atoms with Crippen molar-refractivity contribution in [1.82, 2.24) is 4.98 Å². The summed E-state index contributed by atoms with van der Waals surface area (Å²) < 4.78 is 1.24. The molecule has 0 amide bonds. The number of fused-ring (bicyclic) bond motifs is 1. The van der Waals surface area contributed by atoms with E-state index in [1.54, 1.807) is 11.3 Å². The number of hydrogen-bond donors (Lipinski definition) is 0. The fourth-order valence-electron chi connectivity index (χ4n) is 1.07. The van der Waals surface area contributed by atoms with Crippen molar-refractivity contribution < 1.29 is 0 Å². The topological polar surface area (TPSA) is 12.9 Å². The molecule has 0 atom stereocenters. The molecule has 55 valence electrons. The van der Waals surface area contributed by atoms with Crippen molar-refractivity contribution in [1.29, 1.82) is 0 Å². The van der Waals surface area contributed by atoms with Crippen LogP contribution in [0, 0.1) is 5.51 Å². The van der Waals surface area contributed by atoms with Crippen molar-refractivity contribution in [2.45, 2.75) is 13.3 Å². The zero-order chi connectivity index (χ0) is 7.68. The Morgan fingerprint density at radius 3 is 3.27 bits per heavy atom. The summed E-state index contributed by atoms with van der Waals surface area (Å²) in [6, 6.07) is 6.36. The molecule has 0 N–H and O–H groups in total. The fraction of sp³-hybridized carbons (Fsp3) is 0.222. The summed E-state index contributed by atoms with van der Waals surface area (Å²) >= 11 is 1.58. The second kappa shape index (κ2) is 2.62. The van der Waals surface area contributed by atoms with Gasteiger partial charge in [0, 0.05) is 0 Å². The highest BCUT2D eigenvalue weighted by Crippen LogP contribution is 2.18. The number of hydrogen-bond acceptors (Lipinski definition) is 2. The Morgan fingerprint density at radius 1 is 1.55 bits per heavy atom. The summed E-state index contributed by atoms with van der Waals surface area (Å²) in [5.41, 5.74) is 5.31. The van der Waals surface area contributed by atoms with Crippen LogP contribution < -0.4 is 0 Å². The third-order valence-corrected chi connectivity index (χ3v) is 2.48. The number of aromatic nitrogens is 1. The normalized spacial score (nSPS) is 10.6. The first kappa shape index (κ1) is 6.80. The van der Waals surface area contributed by atoms with Crippen LogP contribution in [0.15, 0.2) is 18.2 Å². The van der Waals surface area contributed by atoms with Gasteiger partial charge in [0.2, 0.25) is 0 Å². The fourth-order valence-corrected chi connectivity index (χ4v) is 1.74. The van der Waals surface area contributed by atoms with Gasteiger partial charge < -0.3 is 0 Å². The summed E-state index contributed by atoms with van der Waals surface area (Å²) in [5.74, 6) is 0. The Hall–Kier alpha value is -0.890. The summed E-state index contributed by atoms with van der Waals surface area (Å²) in [6.07, 6.45) is 1.09. The number of nitrogens with zero attached hydrogens (tertiary/aromatic N) is 1. The lowest BCUT2D eigenvalue weighted by Gasteiger charge is -1.93. The molecule has 11 heavy (non-hydrogen) atoms. The van der Waals surface area contributed by atoms with E-state index in [1.807, 2.05) is 0 Å². The standard InChI is InChI=1S/C9H8NS/c1-2-7-3-4-8-9(5-7)11-6-10-8/h3-5H,2H2,1H3. The Bertz CT molecular complexity index is 364. The molecule has 1 radical (unpaired) electrons. The summed E-state index contributed by atoms with van der Waals surface area (Å²) in [4.78, 5) is 4.09. The van der Waals surface area contributed by atoms with E-state index in [0.29, 0.717) is 0 Å². The van der Waals surface area contributed by atoms with Gasteiger partial charge in [0.15, 0.2) is 5.51 Å². The first-order valence-corrected chi connectivity index (χ1v) is 4.47. The maximum atomic E-state index is 4.09. The third kappa shape index (κ3) is 1.14. The van der Waals surface area contributed by atoms with Crippen LogP contribution in [0.5, 0.6) is 0 Å². The number of benzene rings is 1. The maximum Gasteiger partial charge on any atom is 0.153 e. The average molecular weight is 162 g/mol. The number of aryl methyl sites for hydroxylation is 1. The van der Waals surface area contributed by atoms with Crippen LogP contribution in [0.4, 0.5) is 0 Å². The Morgan fingerprint density at radius 2 is 2.45 bits per heavy atom. The van der Waals surface area contributed by atoms with E-state index in [1.165, 1.54) is 10.3 Å². The molecule has 0 bridgehead atoms. The van der Waals surface area contributed by atoms with Gasteiger partial charge in [-0.05, 0) is 24.1 Å². The van der Waals surface area contributed by atoms with Gasteiger partial charge in [0.05, 0.1) is 10.2 Å². The SMILES string of the molecule is CCc1ccc2n[c]sc2c1. The van der Waals surface area contributed by atoms with E-state index in [-0.39, 0.29) is 0 Å². The Kier molecular flexibility index (Phi) is 1.62. The first-order chi connectivity index (χ1) is 5.40. The highest BCUT2D eigenvalue weighted by atomic mass is 32.1. The van der Waals surface area contributed by atoms with Gasteiger partial charge in [-0.25, -0.2) is 4.98 Å². The van der Waals surface area contributed by atoms with E-state index in [9.17, 15) is 0 Å². The molecule has 0 spiro atoms. The van der Waals surface area contributed by atoms with Crippen molar-refractivity contribution in [3.05, 3.63) is 29.3 Å². The zero-order valence-electron chi connectivity index (χ0n) is 6.29. The van der Waals surface area contributed by atoms with E-state index >= 15 is 0 Å². The van der Waals surface area contributed by atoms with Crippen LogP contribution in [-0.2, 0) is 6.42 Å². The van der Waals surface area contributed by atoms with E-state index in [4.69, 9.17) is 0 Å². The highest BCUT2D eigenvalue weighted by molar-refractivity contribution is 7.16. The minimum atomic E-state index is 1.06. The molecular formula is C9H8NS. The third-order valence-electron chi connectivity index (χ3n) is 1.75. The molecule has 0 unspecified atom stereocenters. The molecule has 0 aliphatic carbocycles. The second-order valence-corrected chi connectivity index (χ2v) is 3.29. The maximum absolute atomic E-state index is 4.09. The first-order valence-electron chi connectivity index (χ1n) is 3.65. The molecule has 0 aliphatic rings. The monoisotopic (exact) mass is 162 g/mol. The van der Waals surface area contributed by atoms with Crippen LogP contribution in [-0.4, -0.2) is 4.98 Å². The van der Waals surface area contributed by atoms with Crippen molar-refractivity contribution >= 4 is 21.6 Å². The Labute approximate surface area is 69.7 Å². The second-order valence-electron chi connectivity index (χ2n) is 2.46. The van der Waals surface area contributed by atoms with Crippen molar-refractivity contribution in [2.75, 3.05) is 0 Å². The van der Waals surface area contributed by atoms with E-state index in [0.717, 1.165) is 11.9 Å². The molecule has 0 saturated heterocycles. The summed E-state index contributed by atoms with van der Waals surface area (Å²) in [7, 11) is 0. The van der Waals surface area contributed by atoms with Gasteiger partial charge in [-0.1, -0.05) is 13.0 Å². The molecule has 2 aromatic rings. The van der Waals surface area contributed by atoms with Gasteiger partial charge in [-0.3, -0.25) is 0 Å². The van der Waals surface area contributed by atoms with Crippen LogP contribution in [0.2, 0.25) is 0 Å². The summed E-state index contributed by atoms with van der Waals surface area (Å²) in [5, 5.41) is 0. The molecule has 2 rings (SSSR count). The molecule has 1 aromatic carbocycles. The van der Waals surface area contributed by atoms with Crippen molar-refractivity contribution in [3.8, 4) is 0 Å². The predicted octanol–water partition coefficient (Wildman–Crippen LogP) is 2.66. The molecule has 1 heterocycles. The predicted molar refractivity (Wildman–Crippen MR) is 47.8 cm³/mol. The minimum Gasteiger partial charge on any atom is -0.233 e. The van der Waals surface area contributed by atoms with Crippen LogP contribution >= 0.6 is 11.3 Å². The Balaban J connectivity index is 2.67. The molecule has 1 aromatic heterocycles. The van der Waals surface area contributed by atoms with Crippen LogP contribution in [0.3, 0.4) is 0 Å². The van der Waals surface area contributed by atoms with Gasteiger partial charge in [-0.15, -0.1) is 11.3 Å². The zero-order valence-corrected chi connectivity index (χ0v) is 7.11. The van der Waals surface area contributed by atoms with Gasteiger partial charge in [-0.2, -0.15) is 0 Å². The number of thiazole rings is 1. The van der Waals surface area contributed by atoms with Crippen LogP contribution in [0.1, 0.15) is 12.5 Å². The molecular weight excluding hydrogens is 154 g/mol. The lowest BCUT2D eigenvalue weighted by atomic mass is 10.2. The summed E-state index contributed by atoms with van der Waals surface area (Å²) in [6.45, 7) is 2.16.